The molecule has 5 heteroatoms. The number of phenolic OH excluding ortho intramolecular Hbond substituents is 1. The predicted molar refractivity (Wildman–Crippen MR) is 73.9 cm³/mol. The van der Waals surface area contributed by atoms with E-state index < -0.39 is 25.2 Å². The summed E-state index contributed by atoms with van der Waals surface area (Å²) in [5.74, 6) is -0.374. The van der Waals surface area contributed by atoms with Crippen molar-refractivity contribution in [2.75, 3.05) is 0 Å². The summed E-state index contributed by atoms with van der Waals surface area (Å²) in [5, 5.41) is 9.76. The number of carbonyl (C=O) groups excluding carboxylic acids is 1. The number of aromatic hydroxyl groups is 1. The molecule has 4 nitrogen and oxygen atoms in total. The molecule has 0 saturated carbocycles. The van der Waals surface area contributed by atoms with Crippen LogP contribution in [0.15, 0.2) is 12.1 Å². The number of benzene rings is 1. The number of hydrogen-bond donors (Lipinski definition) is 1. The van der Waals surface area contributed by atoms with Crippen LogP contribution in [0.25, 0.3) is 0 Å². The van der Waals surface area contributed by atoms with Crippen molar-refractivity contribution in [3.63, 3.8) is 0 Å². The second-order valence-corrected chi connectivity index (χ2v) is 5.67. The number of carbonyl (C=O) groups is 1. The first-order valence-corrected chi connectivity index (χ1v) is 6.08. The molecule has 0 atom stereocenters. The fourth-order valence-corrected chi connectivity index (χ4v) is 1.91. The molecule has 1 aromatic carbocycles. The van der Waals surface area contributed by atoms with Crippen molar-refractivity contribution in [2.45, 2.75) is 45.7 Å². The van der Waals surface area contributed by atoms with Crippen LogP contribution in [0.2, 0.25) is 0 Å². The zero-order valence-electron chi connectivity index (χ0n) is 14.5. The van der Waals surface area contributed by atoms with Crippen molar-refractivity contribution in [3.05, 3.63) is 23.3 Å². The van der Waals surface area contributed by atoms with E-state index in [4.69, 9.17) is 13.4 Å². The Morgan fingerprint density at radius 1 is 1.26 bits per heavy atom. The first kappa shape index (κ1) is 10.5. The molecular weight excluding hydrogens is 243 g/mol. The molecule has 1 aromatic rings. The SMILES string of the molecule is [2H]C([2H])([2H])c1c(B2OC(C)(C)C(C)(C)O2)ccc(O)c1C=O. The average Bonchev–Trinajstić information content (AvgIpc) is 2.56. The minimum absolute atomic E-state index is 0.235. The van der Waals surface area contributed by atoms with Gasteiger partial charge in [0.2, 0.25) is 0 Å². The van der Waals surface area contributed by atoms with E-state index in [1.54, 1.807) is 0 Å². The summed E-state index contributed by atoms with van der Waals surface area (Å²) in [5.41, 5.74) is -1.53. The average molecular weight is 265 g/mol. The lowest BCUT2D eigenvalue weighted by Gasteiger charge is -2.32. The Balaban J connectivity index is 2.61. The van der Waals surface area contributed by atoms with Crippen LogP contribution in [0.4, 0.5) is 0 Å². The Morgan fingerprint density at radius 3 is 2.32 bits per heavy atom. The lowest BCUT2D eigenvalue weighted by molar-refractivity contribution is 0.00578. The minimum atomic E-state index is -2.58. The Morgan fingerprint density at radius 2 is 1.84 bits per heavy atom. The van der Waals surface area contributed by atoms with Crippen LogP contribution in [-0.4, -0.2) is 29.7 Å². The number of aldehydes is 1. The molecule has 19 heavy (non-hydrogen) atoms. The maximum Gasteiger partial charge on any atom is 0.495 e. The Bertz CT molecular complexity index is 595. The lowest BCUT2D eigenvalue weighted by atomic mass is 9.75. The fraction of sp³-hybridized carbons (Fsp3) is 0.500. The number of phenols is 1. The van der Waals surface area contributed by atoms with Gasteiger partial charge in [-0.3, -0.25) is 4.79 Å². The molecule has 0 unspecified atom stereocenters. The van der Waals surface area contributed by atoms with E-state index >= 15 is 0 Å². The molecule has 0 aliphatic carbocycles. The first-order valence-electron chi connectivity index (χ1n) is 7.58. The molecule has 1 aliphatic rings. The van der Waals surface area contributed by atoms with E-state index in [0.717, 1.165) is 0 Å². The van der Waals surface area contributed by atoms with Gasteiger partial charge in [-0.2, -0.15) is 0 Å². The van der Waals surface area contributed by atoms with Crippen molar-refractivity contribution < 1.29 is 23.3 Å². The minimum Gasteiger partial charge on any atom is -0.507 e. The summed E-state index contributed by atoms with van der Waals surface area (Å²) in [6, 6.07) is 2.70. The van der Waals surface area contributed by atoms with E-state index in [9.17, 15) is 9.90 Å². The summed E-state index contributed by atoms with van der Waals surface area (Å²) in [4.78, 5) is 11.2. The summed E-state index contributed by atoms with van der Waals surface area (Å²) >= 11 is 0. The van der Waals surface area contributed by atoms with Gasteiger partial charge in [0, 0.05) is 4.11 Å². The Hall–Kier alpha value is -1.33. The molecular formula is C14H19BO4. The Labute approximate surface area is 118 Å². The predicted octanol–water partition coefficient (Wildman–Crippen LogP) is 1.81. The second-order valence-electron chi connectivity index (χ2n) is 5.67. The maximum absolute atomic E-state index is 11.2. The third kappa shape index (κ3) is 2.17. The van der Waals surface area contributed by atoms with Gasteiger partial charge in [0.1, 0.15) is 5.75 Å². The van der Waals surface area contributed by atoms with Crippen molar-refractivity contribution >= 4 is 18.9 Å². The standard InChI is InChI=1S/C14H19BO4/c1-9-10(8-16)12(17)7-6-11(9)15-18-13(2,3)14(4,5)19-15/h6-8,17H,1-5H3/i1D3. The summed E-state index contributed by atoms with van der Waals surface area (Å²) in [6.45, 7) is 4.83. The molecule has 0 bridgehead atoms. The van der Waals surface area contributed by atoms with E-state index in [0.29, 0.717) is 6.29 Å². The van der Waals surface area contributed by atoms with Crippen molar-refractivity contribution in [1.29, 1.82) is 0 Å². The van der Waals surface area contributed by atoms with Gasteiger partial charge in [0.25, 0.3) is 0 Å². The highest BCUT2D eigenvalue weighted by atomic mass is 16.7. The molecule has 0 amide bonds. The van der Waals surface area contributed by atoms with E-state index in [2.05, 4.69) is 0 Å². The highest BCUT2D eigenvalue weighted by Crippen LogP contribution is 2.37. The molecule has 1 fully saturated rings. The van der Waals surface area contributed by atoms with Gasteiger partial charge in [0.05, 0.1) is 16.8 Å². The second kappa shape index (κ2) is 4.35. The summed E-state index contributed by atoms with van der Waals surface area (Å²) < 4.78 is 34.7. The van der Waals surface area contributed by atoms with Crippen LogP contribution >= 0.6 is 0 Å². The molecule has 102 valence electrons. The molecule has 1 aliphatic heterocycles. The van der Waals surface area contributed by atoms with Gasteiger partial charge < -0.3 is 14.4 Å². The van der Waals surface area contributed by atoms with Gasteiger partial charge in [-0.15, -0.1) is 0 Å². The van der Waals surface area contributed by atoms with Gasteiger partial charge in [-0.1, -0.05) is 6.07 Å². The molecule has 0 radical (unpaired) electrons. The van der Waals surface area contributed by atoms with Crippen molar-refractivity contribution in [1.82, 2.24) is 0 Å². The van der Waals surface area contributed by atoms with Crippen LogP contribution in [0.1, 0.15) is 47.7 Å². The number of hydrogen-bond acceptors (Lipinski definition) is 4. The third-order valence-corrected chi connectivity index (χ3v) is 3.88. The normalized spacial score (nSPS) is 23.6. The van der Waals surface area contributed by atoms with Crippen LogP contribution in [-0.2, 0) is 9.31 Å². The monoisotopic (exact) mass is 265 g/mol. The van der Waals surface area contributed by atoms with Crippen LogP contribution < -0.4 is 5.46 Å². The van der Waals surface area contributed by atoms with E-state index in [-0.39, 0.29) is 22.3 Å². The van der Waals surface area contributed by atoms with Gasteiger partial charge in [0.15, 0.2) is 6.29 Å². The Kier molecular flexibility index (Phi) is 2.40. The third-order valence-electron chi connectivity index (χ3n) is 3.88. The van der Waals surface area contributed by atoms with Gasteiger partial charge in [-0.05, 0) is 51.6 Å². The summed E-state index contributed by atoms with van der Waals surface area (Å²) in [7, 11) is -0.917. The lowest BCUT2D eigenvalue weighted by Crippen LogP contribution is -2.41. The largest absolute Gasteiger partial charge is 0.507 e. The van der Waals surface area contributed by atoms with E-state index in [1.165, 1.54) is 12.1 Å². The van der Waals surface area contributed by atoms with Crippen LogP contribution in [0.3, 0.4) is 0 Å². The molecule has 0 aromatic heterocycles. The highest BCUT2D eigenvalue weighted by Gasteiger charge is 2.52. The van der Waals surface area contributed by atoms with Gasteiger partial charge >= 0.3 is 7.12 Å². The first-order chi connectivity index (χ1) is 9.90. The molecule has 2 rings (SSSR count). The summed E-state index contributed by atoms with van der Waals surface area (Å²) in [6.07, 6.45) is 0.339. The van der Waals surface area contributed by atoms with Gasteiger partial charge in [-0.25, -0.2) is 0 Å². The van der Waals surface area contributed by atoms with Crippen molar-refractivity contribution in [2.24, 2.45) is 0 Å². The smallest absolute Gasteiger partial charge is 0.495 e. The topological polar surface area (TPSA) is 55.8 Å². The van der Waals surface area contributed by atoms with Crippen LogP contribution in [0, 0.1) is 6.85 Å². The molecule has 1 heterocycles. The molecule has 1 saturated heterocycles. The molecule has 0 spiro atoms. The fourth-order valence-electron chi connectivity index (χ4n) is 1.91. The zero-order valence-corrected chi connectivity index (χ0v) is 11.5. The highest BCUT2D eigenvalue weighted by molar-refractivity contribution is 6.62. The van der Waals surface area contributed by atoms with E-state index in [1.807, 2.05) is 27.7 Å². The van der Waals surface area contributed by atoms with Crippen molar-refractivity contribution in [3.8, 4) is 5.75 Å². The van der Waals surface area contributed by atoms with Crippen LogP contribution in [0.5, 0.6) is 5.75 Å². The maximum atomic E-state index is 11.2. The zero-order chi connectivity index (χ0) is 16.9. The quantitative estimate of drug-likeness (QED) is 0.654. The number of rotatable bonds is 2. The molecule has 1 N–H and O–H groups in total.